The van der Waals surface area contributed by atoms with Crippen LogP contribution in [0.15, 0.2) is 24.3 Å². The first-order valence-corrected chi connectivity index (χ1v) is 6.37. The summed E-state index contributed by atoms with van der Waals surface area (Å²) in [7, 11) is 0. The van der Waals surface area contributed by atoms with Crippen LogP contribution in [0.1, 0.15) is 18.4 Å². The maximum atomic E-state index is 12.9. The zero-order valence-electron chi connectivity index (χ0n) is 10.1. The van der Waals surface area contributed by atoms with Gasteiger partial charge in [0.15, 0.2) is 0 Å². The Bertz CT molecular complexity index is 337. The highest BCUT2D eigenvalue weighted by Crippen LogP contribution is 2.12. The molecule has 1 aliphatic heterocycles. The summed E-state index contributed by atoms with van der Waals surface area (Å²) < 4.78 is 18.4. The average Bonchev–Trinajstić information content (AvgIpc) is 2.36. The van der Waals surface area contributed by atoms with Crippen molar-refractivity contribution in [1.29, 1.82) is 0 Å². The lowest BCUT2D eigenvalue weighted by atomic mass is 10.0. The fraction of sp³-hybridized carbons (Fsp3) is 0.571. The Hall–Kier alpha value is -0.930. The summed E-state index contributed by atoms with van der Waals surface area (Å²) in [5, 5.41) is 3.42. The Morgan fingerprint density at radius 2 is 2.35 bits per heavy atom. The molecule has 0 aliphatic carbocycles. The van der Waals surface area contributed by atoms with Crippen LogP contribution in [0.3, 0.4) is 0 Å². The molecular formula is C14H20FNO. The lowest BCUT2D eigenvalue weighted by Gasteiger charge is -2.22. The van der Waals surface area contributed by atoms with Crippen LogP contribution in [0.5, 0.6) is 0 Å². The number of benzene rings is 1. The zero-order valence-corrected chi connectivity index (χ0v) is 10.1. The van der Waals surface area contributed by atoms with Crippen molar-refractivity contribution in [2.45, 2.75) is 19.3 Å². The predicted octanol–water partition coefficient (Wildman–Crippen LogP) is 2.38. The quantitative estimate of drug-likeness (QED) is 0.794. The van der Waals surface area contributed by atoms with Gasteiger partial charge in [0, 0.05) is 13.2 Å². The molecule has 0 spiro atoms. The van der Waals surface area contributed by atoms with Crippen LogP contribution in [0.4, 0.5) is 4.39 Å². The Labute approximate surface area is 102 Å². The van der Waals surface area contributed by atoms with Crippen molar-refractivity contribution in [1.82, 2.24) is 5.32 Å². The van der Waals surface area contributed by atoms with Crippen molar-refractivity contribution in [3.8, 4) is 0 Å². The number of ether oxygens (including phenoxy) is 1. The highest BCUT2D eigenvalue weighted by atomic mass is 19.1. The standard InChI is InChI=1S/C14H20FNO/c15-14-5-1-3-12(9-14)6-7-16-10-13-4-2-8-17-11-13/h1,3,5,9,13,16H,2,4,6-8,10-11H2. The molecule has 3 heteroatoms. The second-order valence-electron chi connectivity index (χ2n) is 4.67. The molecule has 2 nitrogen and oxygen atoms in total. The molecule has 0 radical (unpaired) electrons. The first-order valence-electron chi connectivity index (χ1n) is 6.37. The van der Waals surface area contributed by atoms with E-state index in [0.29, 0.717) is 5.92 Å². The van der Waals surface area contributed by atoms with Crippen molar-refractivity contribution in [2.24, 2.45) is 5.92 Å². The van der Waals surface area contributed by atoms with E-state index in [1.807, 2.05) is 6.07 Å². The molecule has 0 amide bonds. The third-order valence-electron chi connectivity index (χ3n) is 3.17. The molecule has 0 saturated carbocycles. The summed E-state index contributed by atoms with van der Waals surface area (Å²) in [5.41, 5.74) is 1.05. The van der Waals surface area contributed by atoms with Crippen LogP contribution >= 0.6 is 0 Å². The zero-order chi connectivity index (χ0) is 11.9. The van der Waals surface area contributed by atoms with Gasteiger partial charge in [0.25, 0.3) is 0 Å². The van der Waals surface area contributed by atoms with Crippen molar-refractivity contribution >= 4 is 0 Å². The summed E-state index contributed by atoms with van der Waals surface area (Å²) in [6, 6.07) is 6.82. The van der Waals surface area contributed by atoms with Crippen LogP contribution in [-0.2, 0) is 11.2 Å². The molecule has 1 aromatic carbocycles. The fourth-order valence-electron chi connectivity index (χ4n) is 2.20. The molecule has 0 bridgehead atoms. The van der Waals surface area contributed by atoms with Gasteiger partial charge in [0.2, 0.25) is 0 Å². The largest absolute Gasteiger partial charge is 0.381 e. The Balaban J connectivity index is 1.62. The number of hydrogen-bond acceptors (Lipinski definition) is 2. The predicted molar refractivity (Wildman–Crippen MR) is 66.5 cm³/mol. The summed E-state index contributed by atoms with van der Waals surface area (Å²) in [6.45, 7) is 3.71. The maximum absolute atomic E-state index is 12.9. The smallest absolute Gasteiger partial charge is 0.123 e. The Morgan fingerprint density at radius 3 is 3.12 bits per heavy atom. The Morgan fingerprint density at radius 1 is 1.41 bits per heavy atom. The molecule has 1 saturated heterocycles. The minimum Gasteiger partial charge on any atom is -0.381 e. The van der Waals surface area contributed by atoms with Gasteiger partial charge in [-0.05, 0) is 49.4 Å². The van der Waals surface area contributed by atoms with Crippen LogP contribution < -0.4 is 5.32 Å². The van der Waals surface area contributed by atoms with Gasteiger partial charge in [-0.15, -0.1) is 0 Å². The van der Waals surface area contributed by atoms with Gasteiger partial charge in [-0.25, -0.2) is 4.39 Å². The third kappa shape index (κ3) is 4.44. The van der Waals surface area contributed by atoms with Gasteiger partial charge in [-0.1, -0.05) is 12.1 Å². The van der Waals surface area contributed by atoms with Crippen molar-refractivity contribution < 1.29 is 9.13 Å². The van der Waals surface area contributed by atoms with Crippen molar-refractivity contribution in [2.75, 3.05) is 26.3 Å². The highest BCUT2D eigenvalue weighted by Gasteiger charge is 2.12. The molecule has 0 aromatic heterocycles. The molecule has 1 heterocycles. The highest BCUT2D eigenvalue weighted by molar-refractivity contribution is 5.16. The molecule has 17 heavy (non-hydrogen) atoms. The van der Waals surface area contributed by atoms with Crippen LogP contribution in [-0.4, -0.2) is 26.3 Å². The minimum atomic E-state index is -0.150. The van der Waals surface area contributed by atoms with E-state index in [1.165, 1.54) is 18.9 Å². The van der Waals surface area contributed by atoms with Gasteiger partial charge in [-0.3, -0.25) is 0 Å². The van der Waals surface area contributed by atoms with Gasteiger partial charge < -0.3 is 10.1 Å². The topological polar surface area (TPSA) is 21.3 Å². The van der Waals surface area contributed by atoms with E-state index >= 15 is 0 Å². The number of hydrogen-bond donors (Lipinski definition) is 1. The van der Waals surface area contributed by atoms with Crippen LogP contribution in [0.25, 0.3) is 0 Å². The second kappa shape index (κ2) is 6.72. The lowest BCUT2D eigenvalue weighted by Crippen LogP contribution is -2.30. The van der Waals surface area contributed by atoms with E-state index in [2.05, 4.69) is 5.32 Å². The summed E-state index contributed by atoms with van der Waals surface area (Å²) in [4.78, 5) is 0. The van der Waals surface area contributed by atoms with E-state index in [-0.39, 0.29) is 5.82 Å². The fourth-order valence-corrected chi connectivity index (χ4v) is 2.20. The number of nitrogens with one attached hydrogen (secondary N) is 1. The Kier molecular flexibility index (Phi) is 4.95. The first-order chi connectivity index (χ1) is 8.34. The molecule has 1 N–H and O–H groups in total. The van der Waals surface area contributed by atoms with Gasteiger partial charge in [0.05, 0.1) is 6.61 Å². The average molecular weight is 237 g/mol. The van der Waals surface area contributed by atoms with E-state index in [0.717, 1.165) is 38.3 Å². The van der Waals surface area contributed by atoms with E-state index in [1.54, 1.807) is 12.1 Å². The molecule has 1 aliphatic rings. The molecule has 2 rings (SSSR count). The van der Waals surface area contributed by atoms with E-state index in [4.69, 9.17) is 4.74 Å². The number of rotatable bonds is 5. The molecule has 94 valence electrons. The molecule has 1 fully saturated rings. The third-order valence-corrected chi connectivity index (χ3v) is 3.17. The van der Waals surface area contributed by atoms with Crippen LogP contribution in [0.2, 0.25) is 0 Å². The van der Waals surface area contributed by atoms with E-state index < -0.39 is 0 Å². The summed E-state index contributed by atoms with van der Waals surface area (Å²) in [5.74, 6) is 0.499. The van der Waals surface area contributed by atoms with E-state index in [9.17, 15) is 4.39 Å². The van der Waals surface area contributed by atoms with Crippen LogP contribution in [0, 0.1) is 11.7 Å². The molecule has 1 atom stereocenters. The molecular weight excluding hydrogens is 217 g/mol. The van der Waals surface area contributed by atoms with Crippen molar-refractivity contribution in [3.63, 3.8) is 0 Å². The summed E-state index contributed by atoms with van der Waals surface area (Å²) >= 11 is 0. The lowest BCUT2D eigenvalue weighted by molar-refractivity contribution is 0.0550. The first kappa shape index (κ1) is 12.5. The van der Waals surface area contributed by atoms with Gasteiger partial charge >= 0.3 is 0 Å². The number of halogens is 1. The maximum Gasteiger partial charge on any atom is 0.123 e. The van der Waals surface area contributed by atoms with Gasteiger partial charge in [0.1, 0.15) is 5.82 Å². The van der Waals surface area contributed by atoms with Crippen molar-refractivity contribution in [3.05, 3.63) is 35.6 Å². The minimum absolute atomic E-state index is 0.150. The molecule has 1 aromatic rings. The van der Waals surface area contributed by atoms with Gasteiger partial charge in [-0.2, -0.15) is 0 Å². The monoisotopic (exact) mass is 237 g/mol. The summed E-state index contributed by atoms with van der Waals surface area (Å²) in [6.07, 6.45) is 3.31. The SMILES string of the molecule is Fc1cccc(CCNCC2CCCOC2)c1. The second-order valence-corrected chi connectivity index (χ2v) is 4.67. The molecule has 1 unspecified atom stereocenters. The normalized spacial score (nSPS) is 20.4.